The molecule has 0 unspecified atom stereocenters. The first kappa shape index (κ1) is 38.8. The van der Waals surface area contributed by atoms with Gasteiger partial charge in [0.2, 0.25) is 5.91 Å². The van der Waals surface area contributed by atoms with Crippen molar-refractivity contribution < 1.29 is 65.9 Å². The Morgan fingerprint density at radius 1 is 0.844 bits per heavy atom. The third kappa shape index (κ3) is 14.7. The second kappa shape index (κ2) is 18.1. The van der Waals surface area contributed by atoms with Crippen molar-refractivity contribution in [2.45, 2.75) is 90.7 Å². The molecule has 0 aromatic heterocycles. The van der Waals surface area contributed by atoms with E-state index in [-0.39, 0.29) is 47.8 Å². The van der Waals surface area contributed by atoms with Crippen LogP contribution >= 0.6 is 31.3 Å². The van der Waals surface area contributed by atoms with Crippen molar-refractivity contribution in [1.82, 2.24) is 5.32 Å². The zero-order valence-corrected chi connectivity index (χ0v) is 28.2. The first-order chi connectivity index (χ1) is 21.0. The molecule has 0 aliphatic carbocycles. The number of phosphoric ester groups is 1. The van der Waals surface area contributed by atoms with Crippen molar-refractivity contribution in [3.63, 3.8) is 0 Å². The summed E-state index contributed by atoms with van der Waals surface area (Å²) in [4.78, 5) is 71.7. The molecule has 1 saturated heterocycles. The molecule has 5 atom stereocenters. The molecule has 2 aliphatic rings. The van der Waals surface area contributed by atoms with Crippen LogP contribution in [0, 0.1) is 0 Å². The summed E-state index contributed by atoms with van der Waals surface area (Å²) in [6.07, 6.45) is -5.89. The minimum absolute atomic E-state index is 0.0779. The van der Waals surface area contributed by atoms with Crippen LogP contribution in [0.15, 0.2) is 10.2 Å². The standard InChI is InChI=1S/C25H38N3O14PS2/c1-14(29)36-13-19-22(39-15(2)30)23(40-16(3)31)21(26-20(34)7-8-25(6)27-28-25)24(41-19)42-43(35,37-9-11-44-17(4)32)38-10-12-45-18(5)33/h19,21-24H,7-13H2,1-6H3,(H,26,34)/t19-,21-,22-,23-,24-/m1/s1. The van der Waals surface area contributed by atoms with E-state index in [4.69, 9.17) is 32.5 Å². The van der Waals surface area contributed by atoms with Gasteiger partial charge < -0.3 is 24.3 Å². The van der Waals surface area contributed by atoms with Gasteiger partial charge in [-0.05, 0) is 6.92 Å². The Labute approximate surface area is 268 Å². The lowest BCUT2D eigenvalue weighted by Crippen LogP contribution is -2.66. The summed E-state index contributed by atoms with van der Waals surface area (Å²) in [5, 5.41) is 9.91. The van der Waals surface area contributed by atoms with Crippen LogP contribution in [0.2, 0.25) is 0 Å². The highest BCUT2D eigenvalue weighted by Gasteiger charge is 2.53. The van der Waals surface area contributed by atoms with Gasteiger partial charge in [-0.15, -0.1) is 0 Å². The Hall–Kier alpha value is -2.41. The molecule has 2 heterocycles. The summed E-state index contributed by atoms with van der Waals surface area (Å²) in [5.74, 6) is -2.82. The summed E-state index contributed by atoms with van der Waals surface area (Å²) in [7, 11) is -4.60. The SMILES string of the molecule is CC(=O)OC[C@H]1O[C@H](OP(=O)(OCCSC(C)=O)OCCSC(C)=O)[C@H](NC(=O)CCC2(C)N=N2)[C@@H](OC(C)=O)[C@@H]1OC(C)=O. The van der Waals surface area contributed by atoms with E-state index in [9.17, 15) is 33.3 Å². The molecule has 1 amide bonds. The number of phosphoric acid groups is 1. The van der Waals surface area contributed by atoms with E-state index >= 15 is 0 Å². The average molecular weight is 700 g/mol. The number of nitrogens with one attached hydrogen (secondary N) is 1. The number of rotatable bonds is 18. The summed E-state index contributed by atoms with van der Waals surface area (Å²) in [5.41, 5.74) is -0.714. The Kier molecular flexibility index (Phi) is 15.6. The molecule has 0 aromatic carbocycles. The molecule has 0 aromatic rings. The van der Waals surface area contributed by atoms with Crippen LogP contribution in [0.1, 0.15) is 54.4 Å². The lowest BCUT2D eigenvalue weighted by atomic mass is 9.96. The van der Waals surface area contributed by atoms with Gasteiger partial charge in [0.1, 0.15) is 18.8 Å². The number of carbonyl (C=O) groups is 6. The minimum Gasteiger partial charge on any atom is -0.463 e. The normalized spacial score (nSPS) is 23.5. The van der Waals surface area contributed by atoms with Gasteiger partial charge in [-0.1, -0.05) is 23.5 Å². The number of carbonyl (C=O) groups excluding carboxylic acids is 6. The molecule has 0 bridgehead atoms. The molecule has 0 spiro atoms. The van der Waals surface area contributed by atoms with Crippen molar-refractivity contribution in [1.29, 1.82) is 0 Å². The molecule has 20 heteroatoms. The van der Waals surface area contributed by atoms with Crippen molar-refractivity contribution in [2.24, 2.45) is 10.2 Å². The van der Waals surface area contributed by atoms with Crippen LogP contribution in [-0.2, 0) is 65.9 Å². The first-order valence-electron chi connectivity index (χ1n) is 13.7. The third-order valence-electron chi connectivity index (χ3n) is 5.81. The fraction of sp³-hybridized carbons (Fsp3) is 0.760. The van der Waals surface area contributed by atoms with Crippen LogP contribution in [0.25, 0.3) is 0 Å². The van der Waals surface area contributed by atoms with Gasteiger partial charge in [0, 0.05) is 59.0 Å². The van der Waals surface area contributed by atoms with Crippen LogP contribution in [0.3, 0.4) is 0 Å². The quantitative estimate of drug-likeness (QED) is 0.0938. The van der Waals surface area contributed by atoms with E-state index in [2.05, 4.69) is 15.5 Å². The number of esters is 3. The summed E-state index contributed by atoms with van der Waals surface area (Å²) >= 11 is 1.78. The van der Waals surface area contributed by atoms with E-state index in [0.29, 0.717) is 0 Å². The number of amides is 1. The second-order valence-electron chi connectivity index (χ2n) is 9.90. The van der Waals surface area contributed by atoms with Gasteiger partial charge in [-0.25, -0.2) is 4.57 Å². The highest BCUT2D eigenvalue weighted by molar-refractivity contribution is 8.13. The Balaban J connectivity index is 2.45. The lowest BCUT2D eigenvalue weighted by Gasteiger charge is -2.45. The van der Waals surface area contributed by atoms with E-state index in [1.807, 2.05) is 0 Å². The molecule has 2 rings (SSSR count). The summed E-state index contributed by atoms with van der Waals surface area (Å²) in [6.45, 7) is 6.58. The minimum atomic E-state index is -4.60. The third-order valence-corrected chi connectivity index (χ3v) is 8.82. The Morgan fingerprint density at radius 2 is 1.38 bits per heavy atom. The second-order valence-corrected chi connectivity index (χ2v) is 14.1. The highest BCUT2D eigenvalue weighted by Crippen LogP contribution is 2.52. The molecule has 0 saturated carbocycles. The fourth-order valence-electron chi connectivity index (χ4n) is 3.83. The van der Waals surface area contributed by atoms with Gasteiger partial charge in [0.25, 0.3) is 0 Å². The van der Waals surface area contributed by atoms with Gasteiger partial charge in [-0.3, -0.25) is 42.3 Å². The Bertz CT molecular complexity index is 1160. The van der Waals surface area contributed by atoms with Gasteiger partial charge in [0.15, 0.2) is 34.4 Å². The fourth-order valence-corrected chi connectivity index (χ4v) is 6.25. The predicted molar refractivity (Wildman–Crippen MR) is 158 cm³/mol. The molecule has 0 radical (unpaired) electrons. The van der Waals surface area contributed by atoms with Crippen LogP contribution in [-0.4, -0.2) is 102 Å². The molecule has 254 valence electrons. The van der Waals surface area contributed by atoms with Crippen molar-refractivity contribution in [3.05, 3.63) is 0 Å². The topological polar surface area (TPSA) is 221 Å². The zero-order chi connectivity index (χ0) is 33.8. The molecule has 1 fully saturated rings. The van der Waals surface area contributed by atoms with E-state index in [0.717, 1.165) is 44.3 Å². The maximum absolute atomic E-state index is 13.9. The van der Waals surface area contributed by atoms with E-state index in [1.54, 1.807) is 6.92 Å². The van der Waals surface area contributed by atoms with Gasteiger partial charge >= 0.3 is 25.7 Å². The van der Waals surface area contributed by atoms with Crippen LogP contribution < -0.4 is 5.32 Å². The largest absolute Gasteiger partial charge is 0.477 e. The van der Waals surface area contributed by atoms with E-state index in [1.165, 1.54) is 13.8 Å². The number of hydrogen-bond acceptors (Lipinski definition) is 18. The van der Waals surface area contributed by atoms with Crippen molar-refractivity contribution in [2.75, 3.05) is 31.3 Å². The summed E-state index contributed by atoms with van der Waals surface area (Å²) in [6, 6.07) is -1.47. The smallest absolute Gasteiger partial charge is 0.463 e. The summed E-state index contributed by atoms with van der Waals surface area (Å²) < 4.78 is 52.4. The van der Waals surface area contributed by atoms with Crippen LogP contribution in [0.4, 0.5) is 0 Å². The monoisotopic (exact) mass is 699 g/mol. The Morgan fingerprint density at radius 3 is 1.84 bits per heavy atom. The highest BCUT2D eigenvalue weighted by atomic mass is 32.2. The van der Waals surface area contributed by atoms with E-state index < -0.39 is 74.6 Å². The lowest BCUT2D eigenvalue weighted by molar-refractivity contribution is -0.260. The maximum atomic E-state index is 13.9. The van der Waals surface area contributed by atoms with Crippen molar-refractivity contribution in [3.8, 4) is 0 Å². The molecular formula is C25H38N3O14PS2. The predicted octanol–water partition coefficient (Wildman–Crippen LogP) is 2.30. The van der Waals surface area contributed by atoms with Gasteiger partial charge in [0.05, 0.1) is 13.2 Å². The molecule has 2 aliphatic heterocycles. The number of thioether (sulfide) groups is 2. The maximum Gasteiger partial charge on any atom is 0.477 e. The number of nitrogens with zero attached hydrogens (tertiary/aromatic N) is 2. The molecule has 1 N–H and O–H groups in total. The number of hydrogen-bond donors (Lipinski definition) is 1. The number of ether oxygens (including phenoxy) is 4. The van der Waals surface area contributed by atoms with Crippen molar-refractivity contribution >= 4 is 65.4 Å². The van der Waals surface area contributed by atoms with Crippen LogP contribution in [0.5, 0.6) is 0 Å². The molecule has 17 nitrogen and oxygen atoms in total. The molecule has 45 heavy (non-hydrogen) atoms. The average Bonchev–Trinajstić information content (AvgIpc) is 3.67. The zero-order valence-electron chi connectivity index (χ0n) is 25.7. The first-order valence-corrected chi connectivity index (χ1v) is 17.2. The van der Waals surface area contributed by atoms with Gasteiger partial charge in [-0.2, -0.15) is 10.2 Å². The molecular weight excluding hydrogens is 661 g/mol.